The molecular weight excluding hydrogens is 320 g/mol. The normalized spacial score (nSPS) is 14.7. The fourth-order valence-corrected chi connectivity index (χ4v) is 3.90. The van der Waals surface area contributed by atoms with Crippen LogP contribution in [0.2, 0.25) is 0 Å². The minimum Gasteiger partial charge on any atom is -0.346 e. The Hall–Kier alpha value is -2.81. The number of aryl methyl sites for hydroxylation is 2. The molecule has 1 unspecified atom stereocenters. The smallest absolute Gasteiger partial charge is 0.229 e. The van der Waals surface area contributed by atoms with Gasteiger partial charge in [0.15, 0.2) is 0 Å². The first kappa shape index (κ1) is 16.6. The van der Waals surface area contributed by atoms with Crippen molar-refractivity contribution in [3.63, 3.8) is 0 Å². The third-order valence-corrected chi connectivity index (χ3v) is 5.19. The number of nitrogens with zero attached hydrogens (tertiary/aromatic N) is 2. The Balaban J connectivity index is 1.64. The topological polar surface area (TPSA) is 25.2 Å². The van der Waals surface area contributed by atoms with E-state index in [0.29, 0.717) is 6.42 Å². The molecule has 2 aromatic carbocycles. The van der Waals surface area contributed by atoms with Gasteiger partial charge in [0.1, 0.15) is 0 Å². The predicted octanol–water partition coefficient (Wildman–Crippen LogP) is 4.76. The highest BCUT2D eigenvalue weighted by atomic mass is 16.2. The van der Waals surface area contributed by atoms with Crippen LogP contribution in [0.4, 0.5) is 5.69 Å². The standard InChI is InChI=1S/C23H24N2O/c1-18-8-6-10-20(16-18)22(24-13-4-5-14-24)17-23(26)25-15-7-11-19-9-2-3-12-21(19)25/h2-6,8-10,12-14,16,22H,7,11,15,17H2,1H3. The molecule has 0 saturated carbocycles. The Labute approximate surface area is 154 Å². The number of rotatable bonds is 4. The summed E-state index contributed by atoms with van der Waals surface area (Å²) in [5, 5.41) is 0. The Morgan fingerprint density at radius 1 is 1.04 bits per heavy atom. The largest absolute Gasteiger partial charge is 0.346 e. The third kappa shape index (κ3) is 3.30. The summed E-state index contributed by atoms with van der Waals surface area (Å²) in [5.41, 5.74) is 4.76. The molecule has 1 aromatic heterocycles. The number of hydrogen-bond donors (Lipinski definition) is 0. The van der Waals surface area contributed by atoms with Gasteiger partial charge < -0.3 is 9.47 Å². The molecule has 3 heteroatoms. The van der Waals surface area contributed by atoms with E-state index in [0.717, 1.165) is 25.1 Å². The fourth-order valence-electron chi connectivity index (χ4n) is 3.90. The lowest BCUT2D eigenvalue weighted by Crippen LogP contribution is -2.36. The van der Waals surface area contributed by atoms with Gasteiger partial charge in [-0.3, -0.25) is 4.79 Å². The van der Waals surface area contributed by atoms with Crippen LogP contribution < -0.4 is 4.90 Å². The molecule has 1 amide bonds. The van der Waals surface area contributed by atoms with Crippen molar-refractivity contribution in [2.45, 2.75) is 32.2 Å². The van der Waals surface area contributed by atoms with E-state index in [4.69, 9.17) is 0 Å². The van der Waals surface area contributed by atoms with Crippen molar-refractivity contribution in [2.75, 3.05) is 11.4 Å². The Morgan fingerprint density at radius 3 is 2.65 bits per heavy atom. The molecule has 1 atom stereocenters. The summed E-state index contributed by atoms with van der Waals surface area (Å²) in [6.45, 7) is 2.90. The molecule has 0 fully saturated rings. The maximum atomic E-state index is 13.2. The summed E-state index contributed by atoms with van der Waals surface area (Å²) in [6.07, 6.45) is 6.64. The van der Waals surface area contributed by atoms with E-state index < -0.39 is 0 Å². The molecule has 0 N–H and O–H groups in total. The molecule has 4 rings (SSSR count). The highest BCUT2D eigenvalue weighted by Gasteiger charge is 2.26. The summed E-state index contributed by atoms with van der Waals surface area (Å²) < 4.78 is 2.14. The Morgan fingerprint density at radius 2 is 1.85 bits per heavy atom. The summed E-state index contributed by atoms with van der Waals surface area (Å²) in [6, 6.07) is 20.8. The van der Waals surface area contributed by atoms with Crippen LogP contribution >= 0.6 is 0 Å². The SMILES string of the molecule is Cc1cccc(C(CC(=O)N2CCCc3ccccc32)n2cccc2)c1. The van der Waals surface area contributed by atoms with Gasteiger partial charge in [-0.2, -0.15) is 0 Å². The van der Waals surface area contributed by atoms with Crippen LogP contribution in [-0.4, -0.2) is 17.0 Å². The predicted molar refractivity (Wildman–Crippen MR) is 105 cm³/mol. The van der Waals surface area contributed by atoms with E-state index in [9.17, 15) is 4.79 Å². The van der Waals surface area contributed by atoms with Crippen LogP contribution in [0.5, 0.6) is 0 Å². The lowest BCUT2D eigenvalue weighted by molar-refractivity contribution is -0.119. The number of hydrogen-bond acceptors (Lipinski definition) is 1. The van der Waals surface area contributed by atoms with Gasteiger partial charge in [-0.25, -0.2) is 0 Å². The van der Waals surface area contributed by atoms with E-state index in [1.54, 1.807) is 0 Å². The van der Waals surface area contributed by atoms with Crippen LogP contribution in [0.3, 0.4) is 0 Å². The summed E-state index contributed by atoms with van der Waals surface area (Å²) in [7, 11) is 0. The number of carbonyl (C=O) groups excluding carboxylic acids is 1. The molecule has 0 saturated heterocycles. The monoisotopic (exact) mass is 344 g/mol. The number of anilines is 1. The van der Waals surface area contributed by atoms with Crippen molar-refractivity contribution in [1.29, 1.82) is 0 Å². The second-order valence-corrected chi connectivity index (χ2v) is 7.04. The van der Waals surface area contributed by atoms with Crippen molar-refractivity contribution in [2.24, 2.45) is 0 Å². The van der Waals surface area contributed by atoms with Crippen LogP contribution in [-0.2, 0) is 11.2 Å². The number of benzene rings is 2. The molecule has 3 nitrogen and oxygen atoms in total. The number of fused-ring (bicyclic) bond motifs is 1. The molecule has 0 spiro atoms. The molecule has 3 aromatic rings. The van der Waals surface area contributed by atoms with E-state index in [-0.39, 0.29) is 11.9 Å². The van der Waals surface area contributed by atoms with E-state index in [2.05, 4.69) is 54.0 Å². The van der Waals surface area contributed by atoms with Crippen LogP contribution in [0.1, 0.15) is 35.6 Å². The van der Waals surface area contributed by atoms with Crippen LogP contribution in [0.25, 0.3) is 0 Å². The zero-order valence-electron chi connectivity index (χ0n) is 15.1. The second-order valence-electron chi connectivity index (χ2n) is 7.04. The number of amides is 1. The van der Waals surface area contributed by atoms with Gasteiger partial charge in [-0.05, 0) is 49.1 Å². The second kappa shape index (κ2) is 7.20. The van der Waals surface area contributed by atoms with Crippen LogP contribution in [0.15, 0.2) is 73.1 Å². The van der Waals surface area contributed by atoms with Gasteiger partial charge in [0.2, 0.25) is 5.91 Å². The average molecular weight is 344 g/mol. The molecule has 0 aliphatic carbocycles. The zero-order valence-corrected chi connectivity index (χ0v) is 15.1. The highest BCUT2D eigenvalue weighted by Crippen LogP contribution is 2.30. The molecule has 132 valence electrons. The Kier molecular flexibility index (Phi) is 4.61. The molecule has 26 heavy (non-hydrogen) atoms. The molecule has 0 bridgehead atoms. The maximum absolute atomic E-state index is 13.2. The maximum Gasteiger partial charge on any atom is 0.229 e. The quantitative estimate of drug-likeness (QED) is 0.670. The van der Waals surface area contributed by atoms with Gasteiger partial charge in [0.05, 0.1) is 12.5 Å². The van der Waals surface area contributed by atoms with Gasteiger partial charge in [-0.1, -0.05) is 48.0 Å². The summed E-state index contributed by atoms with van der Waals surface area (Å²) in [5.74, 6) is 0.192. The first-order chi connectivity index (χ1) is 12.7. The molecule has 2 heterocycles. The molecule has 0 radical (unpaired) electrons. The van der Waals surface area contributed by atoms with E-state index in [1.807, 2.05) is 35.5 Å². The number of aromatic nitrogens is 1. The average Bonchev–Trinajstić information content (AvgIpc) is 3.20. The number of para-hydroxylation sites is 1. The van der Waals surface area contributed by atoms with E-state index >= 15 is 0 Å². The molecule has 1 aliphatic rings. The Bertz CT molecular complexity index is 898. The third-order valence-electron chi connectivity index (χ3n) is 5.19. The van der Waals surface area contributed by atoms with Gasteiger partial charge in [-0.15, -0.1) is 0 Å². The highest BCUT2D eigenvalue weighted by molar-refractivity contribution is 5.95. The fraction of sp³-hybridized carbons (Fsp3) is 0.261. The minimum absolute atomic E-state index is 0.0199. The molecular formula is C23H24N2O. The summed E-state index contributed by atoms with van der Waals surface area (Å²) >= 11 is 0. The zero-order chi connectivity index (χ0) is 17.9. The van der Waals surface area contributed by atoms with Crippen molar-refractivity contribution < 1.29 is 4.79 Å². The van der Waals surface area contributed by atoms with Crippen molar-refractivity contribution in [1.82, 2.24) is 4.57 Å². The van der Waals surface area contributed by atoms with Gasteiger partial charge >= 0.3 is 0 Å². The first-order valence-corrected chi connectivity index (χ1v) is 9.29. The lowest BCUT2D eigenvalue weighted by atomic mass is 9.98. The first-order valence-electron chi connectivity index (χ1n) is 9.29. The van der Waals surface area contributed by atoms with Crippen molar-refractivity contribution >= 4 is 11.6 Å². The number of carbonyl (C=O) groups is 1. The van der Waals surface area contributed by atoms with E-state index in [1.165, 1.54) is 16.7 Å². The minimum atomic E-state index is 0.0199. The van der Waals surface area contributed by atoms with Crippen molar-refractivity contribution in [3.8, 4) is 0 Å². The van der Waals surface area contributed by atoms with Crippen molar-refractivity contribution in [3.05, 3.63) is 89.7 Å². The summed E-state index contributed by atoms with van der Waals surface area (Å²) in [4.78, 5) is 15.2. The van der Waals surface area contributed by atoms with Gasteiger partial charge in [0.25, 0.3) is 0 Å². The van der Waals surface area contributed by atoms with Crippen LogP contribution in [0, 0.1) is 6.92 Å². The van der Waals surface area contributed by atoms with Gasteiger partial charge in [0, 0.05) is 24.6 Å². The molecule has 1 aliphatic heterocycles. The lowest BCUT2D eigenvalue weighted by Gasteiger charge is -2.31.